The van der Waals surface area contributed by atoms with Crippen LogP contribution in [-0.2, 0) is 0 Å². The number of nitrogens with zero attached hydrogens (tertiary/aromatic N) is 1. The lowest BCUT2D eigenvalue weighted by Crippen LogP contribution is -2.13. The van der Waals surface area contributed by atoms with Crippen LogP contribution in [0.15, 0.2) is 72.8 Å². The molecule has 8 heteroatoms. The highest BCUT2D eigenvalue weighted by molar-refractivity contribution is 6.32. The molecular formula is C23H14Cl2F2N2O2. The van der Waals surface area contributed by atoms with E-state index in [1.54, 1.807) is 30.3 Å². The maximum Gasteiger partial charge on any atom is 0.387 e. The number of aromatic nitrogens is 1. The number of pyridine rings is 1. The number of carbonyl (C=O) groups is 1. The minimum atomic E-state index is -2.99. The highest BCUT2D eigenvalue weighted by Gasteiger charge is 2.16. The fourth-order valence-electron chi connectivity index (χ4n) is 3.13. The quantitative estimate of drug-likeness (QED) is 0.348. The molecule has 0 fully saturated rings. The summed E-state index contributed by atoms with van der Waals surface area (Å²) in [4.78, 5) is 17.7. The summed E-state index contributed by atoms with van der Waals surface area (Å²) in [7, 11) is 0. The molecule has 0 aliphatic rings. The smallest absolute Gasteiger partial charge is 0.387 e. The lowest BCUT2D eigenvalue weighted by atomic mass is 10.0. The van der Waals surface area contributed by atoms with Crippen LogP contribution in [0, 0.1) is 0 Å². The van der Waals surface area contributed by atoms with Crippen molar-refractivity contribution in [3.8, 4) is 17.0 Å². The molecule has 31 heavy (non-hydrogen) atoms. The highest BCUT2D eigenvalue weighted by Crippen LogP contribution is 2.30. The lowest BCUT2D eigenvalue weighted by molar-refractivity contribution is -0.0497. The summed E-state index contributed by atoms with van der Waals surface area (Å²) in [5, 5.41) is 3.91. The van der Waals surface area contributed by atoms with Gasteiger partial charge in [-0.15, -0.1) is 0 Å². The van der Waals surface area contributed by atoms with E-state index in [4.69, 9.17) is 23.2 Å². The predicted molar refractivity (Wildman–Crippen MR) is 118 cm³/mol. The van der Waals surface area contributed by atoms with Crippen molar-refractivity contribution in [2.45, 2.75) is 6.61 Å². The molecule has 0 bridgehead atoms. The molecule has 0 atom stereocenters. The van der Waals surface area contributed by atoms with E-state index < -0.39 is 12.5 Å². The first-order valence-electron chi connectivity index (χ1n) is 9.12. The van der Waals surface area contributed by atoms with E-state index in [1.165, 1.54) is 18.2 Å². The molecule has 0 aliphatic heterocycles. The van der Waals surface area contributed by atoms with Crippen molar-refractivity contribution in [1.29, 1.82) is 0 Å². The Kier molecular flexibility index (Phi) is 6.02. The number of alkyl halides is 2. The molecule has 1 amide bonds. The number of halogens is 4. The van der Waals surface area contributed by atoms with Gasteiger partial charge in [0, 0.05) is 21.7 Å². The highest BCUT2D eigenvalue weighted by atomic mass is 35.5. The Morgan fingerprint density at radius 1 is 0.968 bits per heavy atom. The third-order valence-electron chi connectivity index (χ3n) is 4.49. The molecule has 1 N–H and O–H groups in total. The number of carbonyl (C=O) groups excluding carboxylic acids is 1. The number of nitrogens with one attached hydrogen (secondary N) is 1. The Balaban J connectivity index is 1.71. The van der Waals surface area contributed by atoms with E-state index >= 15 is 0 Å². The monoisotopic (exact) mass is 458 g/mol. The van der Waals surface area contributed by atoms with Gasteiger partial charge in [0.2, 0.25) is 0 Å². The molecule has 0 saturated carbocycles. The van der Waals surface area contributed by atoms with Gasteiger partial charge in [0.05, 0.1) is 21.8 Å². The molecule has 1 heterocycles. The number of hydrogen-bond donors (Lipinski definition) is 1. The predicted octanol–water partition coefficient (Wildman–Crippen LogP) is 7.06. The van der Waals surface area contributed by atoms with Crippen LogP contribution in [0.3, 0.4) is 0 Å². The van der Waals surface area contributed by atoms with Gasteiger partial charge in [-0.1, -0.05) is 53.5 Å². The first kappa shape index (κ1) is 21.0. The van der Waals surface area contributed by atoms with Crippen LogP contribution >= 0.6 is 23.2 Å². The third kappa shape index (κ3) is 4.76. The first-order valence-corrected chi connectivity index (χ1v) is 9.88. The molecule has 0 aliphatic carbocycles. The topological polar surface area (TPSA) is 51.2 Å². The van der Waals surface area contributed by atoms with Gasteiger partial charge in [-0.25, -0.2) is 4.98 Å². The minimum Gasteiger partial charge on any atom is -0.433 e. The van der Waals surface area contributed by atoms with Crippen LogP contribution in [0.4, 0.5) is 14.5 Å². The maximum absolute atomic E-state index is 13.1. The molecular weight excluding hydrogens is 445 g/mol. The Morgan fingerprint density at radius 3 is 2.52 bits per heavy atom. The fraction of sp³-hybridized carbons (Fsp3) is 0.0435. The summed E-state index contributed by atoms with van der Waals surface area (Å²) in [5.74, 6) is -0.576. The summed E-state index contributed by atoms with van der Waals surface area (Å²) < 4.78 is 29.2. The molecule has 0 radical (unpaired) electrons. The van der Waals surface area contributed by atoms with Crippen LogP contribution in [0.2, 0.25) is 10.0 Å². The number of benzene rings is 3. The van der Waals surface area contributed by atoms with Crippen LogP contribution in [0.1, 0.15) is 10.4 Å². The van der Waals surface area contributed by atoms with Crippen molar-refractivity contribution in [2.75, 3.05) is 5.32 Å². The molecule has 0 saturated heterocycles. The van der Waals surface area contributed by atoms with E-state index in [0.717, 1.165) is 5.56 Å². The van der Waals surface area contributed by atoms with Crippen LogP contribution < -0.4 is 10.1 Å². The first-order chi connectivity index (χ1) is 14.9. The molecule has 4 nitrogen and oxygen atoms in total. The van der Waals surface area contributed by atoms with Gasteiger partial charge in [-0.05, 0) is 42.5 Å². The van der Waals surface area contributed by atoms with Gasteiger partial charge in [-0.3, -0.25) is 4.79 Å². The number of amides is 1. The van der Waals surface area contributed by atoms with E-state index in [2.05, 4.69) is 15.0 Å². The summed E-state index contributed by atoms with van der Waals surface area (Å²) in [6.45, 7) is -2.99. The minimum absolute atomic E-state index is 0.0442. The number of rotatable bonds is 5. The van der Waals surface area contributed by atoms with Crippen LogP contribution in [0.5, 0.6) is 5.75 Å². The SMILES string of the molecule is O=C(Nc1ccc(OC(F)F)c(Cl)c1)c1cc(-c2cccc(Cl)c2)nc2ccccc12. The molecule has 0 spiro atoms. The zero-order chi connectivity index (χ0) is 22.0. The van der Waals surface area contributed by atoms with Crippen molar-refractivity contribution in [2.24, 2.45) is 0 Å². The van der Waals surface area contributed by atoms with E-state index in [0.29, 0.717) is 32.9 Å². The van der Waals surface area contributed by atoms with Crippen molar-refractivity contribution < 1.29 is 18.3 Å². The molecule has 4 rings (SSSR count). The van der Waals surface area contributed by atoms with Gasteiger partial charge in [-0.2, -0.15) is 8.78 Å². The number of anilines is 1. The zero-order valence-corrected chi connectivity index (χ0v) is 17.3. The van der Waals surface area contributed by atoms with E-state index in [9.17, 15) is 13.6 Å². The Morgan fingerprint density at radius 2 is 1.77 bits per heavy atom. The number of fused-ring (bicyclic) bond motifs is 1. The third-order valence-corrected chi connectivity index (χ3v) is 5.02. The second-order valence-corrected chi connectivity index (χ2v) is 7.40. The molecule has 4 aromatic rings. The van der Waals surface area contributed by atoms with Gasteiger partial charge in [0.15, 0.2) is 0 Å². The van der Waals surface area contributed by atoms with E-state index in [-0.39, 0.29) is 10.8 Å². The van der Waals surface area contributed by atoms with E-state index in [1.807, 2.05) is 24.3 Å². The lowest BCUT2D eigenvalue weighted by Gasteiger charge is -2.12. The van der Waals surface area contributed by atoms with Gasteiger partial charge >= 0.3 is 6.61 Å². The Bertz CT molecular complexity index is 1280. The summed E-state index contributed by atoms with van der Waals surface area (Å²) in [6.07, 6.45) is 0. The van der Waals surface area contributed by atoms with Crippen LogP contribution in [-0.4, -0.2) is 17.5 Å². The standard InChI is InChI=1S/C23H14Cl2F2N2O2/c24-14-5-3-4-13(10-14)20-12-17(16-6-1-2-7-19(16)29-20)22(30)28-15-8-9-21(18(25)11-15)31-23(26)27/h1-12,23H,(H,28,30). The largest absolute Gasteiger partial charge is 0.433 e. The summed E-state index contributed by atoms with van der Waals surface area (Å²) >= 11 is 12.1. The molecule has 156 valence electrons. The van der Waals surface area contributed by atoms with Gasteiger partial charge in [0.25, 0.3) is 5.91 Å². The van der Waals surface area contributed by atoms with Gasteiger partial charge in [0.1, 0.15) is 5.75 Å². The Labute approximate surface area is 186 Å². The molecule has 1 aromatic heterocycles. The van der Waals surface area contributed by atoms with Crippen molar-refractivity contribution >= 4 is 45.7 Å². The number of ether oxygens (including phenoxy) is 1. The Hall–Kier alpha value is -3.22. The second kappa shape index (κ2) is 8.88. The maximum atomic E-state index is 13.1. The normalized spacial score (nSPS) is 11.0. The summed E-state index contributed by atoms with van der Waals surface area (Å²) in [5.41, 5.74) is 2.73. The van der Waals surface area contributed by atoms with Crippen molar-refractivity contribution in [3.63, 3.8) is 0 Å². The van der Waals surface area contributed by atoms with Crippen LogP contribution in [0.25, 0.3) is 22.2 Å². The van der Waals surface area contributed by atoms with Crippen molar-refractivity contribution in [1.82, 2.24) is 4.98 Å². The average Bonchev–Trinajstić information content (AvgIpc) is 2.74. The zero-order valence-electron chi connectivity index (χ0n) is 15.8. The second-order valence-electron chi connectivity index (χ2n) is 6.56. The molecule has 3 aromatic carbocycles. The molecule has 0 unspecified atom stereocenters. The number of para-hydroxylation sites is 1. The van der Waals surface area contributed by atoms with Crippen molar-refractivity contribution in [3.05, 3.63) is 88.4 Å². The summed E-state index contributed by atoms with van der Waals surface area (Å²) in [6, 6.07) is 20.2. The fourth-order valence-corrected chi connectivity index (χ4v) is 3.54. The number of hydrogen-bond acceptors (Lipinski definition) is 3. The van der Waals surface area contributed by atoms with Gasteiger partial charge < -0.3 is 10.1 Å². The average molecular weight is 459 g/mol.